The van der Waals surface area contributed by atoms with Crippen LogP contribution in [0.25, 0.3) is 11.4 Å². The molecule has 12 heteroatoms. The number of aromatic nitrogens is 6. The van der Waals surface area contributed by atoms with Gasteiger partial charge in [-0.2, -0.15) is 5.10 Å². The molecular formula is C29H35N9O3. The Balaban J connectivity index is 1.37. The van der Waals surface area contributed by atoms with Crippen molar-refractivity contribution < 1.29 is 14.3 Å². The van der Waals surface area contributed by atoms with Crippen molar-refractivity contribution in [1.82, 2.24) is 34.6 Å². The number of pyridine rings is 1. The quantitative estimate of drug-likeness (QED) is 0.268. The van der Waals surface area contributed by atoms with Crippen LogP contribution < -0.4 is 20.1 Å². The van der Waals surface area contributed by atoms with Gasteiger partial charge in [0, 0.05) is 44.7 Å². The monoisotopic (exact) mass is 557 g/mol. The first-order valence-corrected chi connectivity index (χ1v) is 13.6. The lowest BCUT2D eigenvalue weighted by molar-refractivity contribution is 0.0602. The fourth-order valence-electron chi connectivity index (χ4n) is 4.91. The minimum atomic E-state index is -0.0440. The third kappa shape index (κ3) is 6.43. The maximum absolute atomic E-state index is 12.8. The van der Waals surface area contributed by atoms with Gasteiger partial charge < -0.3 is 25.0 Å². The molecule has 0 saturated carbocycles. The van der Waals surface area contributed by atoms with Gasteiger partial charge >= 0.3 is 0 Å². The molecule has 41 heavy (non-hydrogen) atoms. The highest BCUT2D eigenvalue weighted by molar-refractivity contribution is 6.02. The van der Waals surface area contributed by atoms with Gasteiger partial charge in [-0.25, -0.2) is 19.9 Å². The summed E-state index contributed by atoms with van der Waals surface area (Å²) in [5, 5.41) is 10.9. The first-order chi connectivity index (χ1) is 19.8. The summed E-state index contributed by atoms with van der Waals surface area (Å²) in [5.74, 6) is 2.94. The highest BCUT2D eigenvalue weighted by Gasteiger charge is 2.26. The molecule has 0 spiro atoms. The molecule has 4 aromatic rings. The SMILES string of the molecule is CCC(=O)c1cnc(Nc2cnc(O[C@H]3CCN(C)C[C@@H]3C)cn2)cc1Nc1cccc(-c2ncn(C)n2)c1OC. The standard InChI is InChI=1S/C29H35N9O3/c1-6-23(39)20-13-30-25(35-26-14-32-27(15-31-26)41-24-10-11-37(3)16-18(24)2)12-22(20)34-21-9-7-8-19(28(21)40-5)29-33-17-38(4)36-29/h7-9,12-15,17-18,24H,6,10-11,16H2,1-5H3,(H2,30,31,34,35)/t18-,24-/m0/s1. The number of hydrogen-bond acceptors (Lipinski definition) is 11. The van der Waals surface area contributed by atoms with Crippen molar-refractivity contribution in [3.05, 3.63) is 54.7 Å². The maximum Gasteiger partial charge on any atom is 0.232 e. The van der Waals surface area contributed by atoms with Crippen molar-refractivity contribution >= 4 is 28.8 Å². The zero-order chi connectivity index (χ0) is 28.9. The first kappa shape index (κ1) is 28.0. The number of ether oxygens (including phenoxy) is 2. The third-order valence-corrected chi connectivity index (χ3v) is 7.04. The Morgan fingerprint density at radius 2 is 1.88 bits per heavy atom. The molecule has 12 nitrogen and oxygen atoms in total. The summed E-state index contributed by atoms with van der Waals surface area (Å²) in [4.78, 5) is 32.8. The molecule has 1 aliphatic heterocycles. The van der Waals surface area contributed by atoms with E-state index in [9.17, 15) is 4.79 Å². The smallest absolute Gasteiger partial charge is 0.232 e. The molecular weight excluding hydrogens is 522 g/mol. The van der Waals surface area contributed by atoms with Crippen molar-refractivity contribution in [2.75, 3.05) is 37.9 Å². The van der Waals surface area contributed by atoms with Crippen LogP contribution in [0.3, 0.4) is 0 Å². The van der Waals surface area contributed by atoms with E-state index in [4.69, 9.17) is 9.47 Å². The van der Waals surface area contributed by atoms with Crippen molar-refractivity contribution in [1.29, 1.82) is 0 Å². The summed E-state index contributed by atoms with van der Waals surface area (Å²) < 4.78 is 13.5. The Labute approximate surface area is 239 Å². The molecule has 0 radical (unpaired) electrons. The van der Waals surface area contributed by atoms with Crippen molar-refractivity contribution in [2.24, 2.45) is 13.0 Å². The van der Waals surface area contributed by atoms with Gasteiger partial charge in [0.1, 0.15) is 24.1 Å². The molecule has 2 N–H and O–H groups in total. The van der Waals surface area contributed by atoms with Crippen LogP contribution in [0.1, 0.15) is 37.0 Å². The van der Waals surface area contributed by atoms with E-state index in [-0.39, 0.29) is 11.9 Å². The number of methoxy groups -OCH3 is 1. The summed E-state index contributed by atoms with van der Waals surface area (Å²) in [7, 11) is 5.52. The number of carbonyl (C=O) groups is 1. The lowest BCUT2D eigenvalue weighted by Gasteiger charge is -2.34. The highest BCUT2D eigenvalue weighted by Crippen LogP contribution is 2.37. The van der Waals surface area contributed by atoms with Gasteiger partial charge in [0.25, 0.3) is 0 Å². The number of piperidine rings is 1. The molecule has 1 aromatic carbocycles. The van der Waals surface area contributed by atoms with E-state index in [2.05, 4.69) is 54.5 Å². The molecule has 1 fully saturated rings. The summed E-state index contributed by atoms with van der Waals surface area (Å²) in [6.45, 7) is 6.00. The lowest BCUT2D eigenvalue weighted by atomic mass is 9.97. The van der Waals surface area contributed by atoms with Crippen molar-refractivity contribution in [3.63, 3.8) is 0 Å². The normalized spacial score (nSPS) is 17.2. The number of nitrogens with one attached hydrogen (secondary N) is 2. The maximum atomic E-state index is 12.8. The summed E-state index contributed by atoms with van der Waals surface area (Å²) in [6.07, 6.45) is 7.81. The number of benzene rings is 1. The molecule has 0 unspecified atom stereocenters. The molecule has 4 heterocycles. The van der Waals surface area contributed by atoms with Gasteiger partial charge in [0.15, 0.2) is 17.4 Å². The van der Waals surface area contributed by atoms with Crippen molar-refractivity contribution in [3.8, 4) is 23.0 Å². The number of rotatable bonds is 10. The van der Waals surface area contributed by atoms with Crippen LogP contribution in [0, 0.1) is 5.92 Å². The number of likely N-dealkylation sites (tertiary alicyclic amines) is 1. The van der Waals surface area contributed by atoms with Crippen LogP contribution in [-0.2, 0) is 7.05 Å². The second-order valence-electron chi connectivity index (χ2n) is 10.2. The Hall–Kier alpha value is -4.58. The average Bonchev–Trinajstić information content (AvgIpc) is 3.41. The van der Waals surface area contributed by atoms with Gasteiger partial charge in [-0.1, -0.05) is 19.9 Å². The number of anilines is 4. The first-order valence-electron chi connectivity index (χ1n) is 13.6. The van der Waals surface area contributed by atoms with E-state index in [1.807, 2.05) is 25.1 Å². The van der Waals surface area contributed by atoms with Gasteiger partial charge in [-0.05, 0) is 25.6 Å². The fourth-order valence-corrected chi connectivity index (χ4v) is 4.91. The van der Waals surface area contributed by atoms with Crippen LogP contribution in [0.2, 0.25) is 0 Å². The predicted octanol–water partition coefficient (Wildman–Crippen LogP) is 4.47. The molecule has 3 aromatic heterocycles. The summed E-state index contributed by atoms with van der Waals surface area (Å²) in [5.41, 5.74) is 2.41. The van der Waals surface area contributed by atoms with Crippen molar-refractivity contribution in [2.45, 2.75) is 32.8 Å². The van der Waals surface area contributed by atoms with Crippen LogP contribution in [0.5, 0.6) is 11.6 Å². The van der Waals surface area contributed by atoms with Gasteiger partial charge in [0.2, 0.25) is 5.88 Å². The summed E-state index contributed by atoms with van der Waals surface area (Å²) in [6, 6.07) is 7.40. The Kier molecular flexibility index (Phi) is 8.39. The molecule has 1 aliphatic rings. The predicted molar refractivity (Wildman–Crippen MR) is 156 cm³/mol. The van der Waals surface area contributed by atoms with Gasteiger partial charge in [0.05, 0.1) is 42.0 Å². The molecule has 1 saturated heterocycles. The number of nitrogens with zero attached hydrogens (tertiary/aromatic N) is 7. The minimum absolute atomic E-state index is 0.0440. The van der Waals surface area contributed by atoms with Crippen LogP contribution in [0.4, 0.5) is 23.0 Å². The molecule has 0 aliphatic carbocycles. The van der Waals surface area contributed by atoms with E-state index in [1.165, 1.54) is 0 Å². The van der Waals surface area contributed by atoms with E-state index in [1.54, 1.807) is 49.8 Å². The Morgan fingerprint density at radius 1 is 1.05 bits per heavy atom. The minimum Gasteiger partial charge on any atom is -0.494 e. The number of Topliss-reactive ketones (excluding diaryl/α,β-unsaturated/α-hetero) is 1. The number of hydrogen-bond donors (Lipinski definition) is 2. The van der Waals surface area contributed by atoms with Crippen LogP contribution in [-0.4, -0.2) is 73.8 Å². The topological polar surface area (TPSA) is 132 Å². The Bertz CT molecular complexity index is 1510. The van der Waals surface area contributed by atoms with Crippen LogP contribution in [0.15, 0.2) is 49.2 Å². The lowest BCUT2D eigenvalue weighted by Crippen LogP contribution is -2.42. The zero-order valence-corrected chi connectivity index (χ0v) is 24.0. The average molecular weight is 558 g/mol. The van der Waals surface area contributed by atoms with Gasteiger partial charge in [-0.3, -0.25) is 9.48 Å². The van der Waals surface area contributed by atoms with E-state index < -0.39 is 0 Å². The van der Waals surface area contributed by atoms with E-state index in [0.717, 1.165) is 25.1 Å². The molecule has 5 rings (SSSR count). The van der Waals surface area contributed by atoms with E-state index >= 15 is 0 Å². The fraction of sp³-hybridized carbons (Fsp3) is 0.379. The molecule has 0 bridgehead atoms. The largest absolute Gasteiger partial charge is 0.494 e. The second kappa shape index (κ2) is 12.3. The second-order valence-corrected chi connectivity index (χ2v) is 10.2. The third-order valence-electron chi connectivity index (χ3n) is 7.04. The van der Waals surface area contributed by atoms with Crippen LogP contribution >= 0.6 is 0 Å². The molecule has 214 valence electrons. The highest BCUT2D eigenvalue weighted by atomic mass is 16.5. The van der Waals surface area contributed by atoms with E-state index in [0.29, 0.717) is 58.4 Å². The number of para-hydroxylation sites is 1. The molecule has 0 amide bonds. The number of ketones is 1. The summed E-state index contributed by atoms with van der Waals surface area (Å²) >= 11 is 0. The number of aryl methyl sites for hydroxylation is 1. The number of carbonyl (C=O) groups excluding carboxylic acids is 1. The zero-order valence-electron chi connectivity index (χ0n) is 24.0. The van der Waals surface area contributed by atoms with Gasteiger partial charge in [-0.15, -0.1) is 0 Å². The Morgan fingerprint density at radius 3 is 2.56 bits per heavy atom. The molecule has 2 atom stereocenters.